The van der Waals surface area contributed by atoms with Crippen molar-refractivity contribution in [2.45, 2.75) is 0 Å². The molecule has 15 heavy (non-hydrogen) atoms. The Morgan fingerprint density at radius 3 is 2.47 bits per heavy atom. The highest BCUT2D eigenvalue weighted by Crippen LogP contribution is 2.35. The maximum absolute atomic E-state index is 11.3. The molecule has 0 spiro atoms. The van der Waals surface area contributed by atoms with Gasteiger partial charge in [-0.3, -0.25) is 0 Å². The van der Waals surface area contributed by atoms with Gasteiger partial charge in [0.05, 0.1) is 17.7 Å². The van der Waals surface area contributed by atoms with E-state index in [-0.39, 0.29) is 10.6 Å². The Hall–Kier alpha value is -1.68. The van der Waals surface area contributed by atoms with Crippen LogP contribution >= 0.6 is 11.6 Å². The minimum atomic E-state index is -0.513. The molecule has 1 aromatic carbocycles. The van der Waals surface area contributed by atoms with Crippen LogP contribution in [0.5, 0.6) is 11.5 Å². The summed E-state index contributed by atoms with van der Waals surface area (Å²) in [6, 6.07) is 2.99. The summed E-state index contributed by atoms with van der Waals surface area (Å²) in [6.07, 6.45) is 2.76. The van der Waals surface area contributed by atoms with Crippen LogP contribution < -0.4 is 9.47 Å². The van der Waals surface area contributed by atoms with E-state index in [0.717, 1.165) is 0 Å². The zero-order chi connectivity index (χ0) is 10.8. The lowest BCUT2D eigenvalue weighted by atomic mass is 10.2. The van der Waals surface area contributed by atoms with Gasteiger partial charge in [-0.05, 0) is 0 Å². The Balaban J connectivity index is 2.47. The van der Waals surface area contributed by atoms with Crippen LogP contribution in [0, 0.1) is 0 Å². The molecule has 0 saturated heterocycles. The maximum atomic E-state index is 11.3. The zero-order valence-electron chi connectivity index (χ0n) is 7.82. The van der Waals surface area contributed by atoms with Gasteiger partial charge < -0.3 is 14.2 Å². The molecular formula is C10H7ClO4. The molecule has 0 N–H and O–H groups in total. The highest BCUT2D eigenvalue weighted by Gasteiger charge is 2.17. The fourth-order valence-corrected chi connectivity index (χ4v) is 1.42. The van der Waals surface area contributed by atoms with Crippen molar-refractivity contribution in [3.05, 3.63) is 35.2 Å². The van der Waals surface area contributed by atoms with E-state index in [4.69, 9.17) is 21.1 Å². The summed E-state index contributed by atoms with van der Waals surface area (Å²) in [4.78, 5) is 11.3. The normalized spacial score (nSPS) is 12.4. The molecular weight excluding hydrogens is 220 g/mol. The molecule has 0 aromatic heterocycles. The Kier molecular flexibility index (Phi) is 2.51. The number of hydrogen-bond donors (Lipinski definition) is 0. The topological polar surface area (TPSA) is 44.8 Å². The van der Waals surface area contributed by atoms with E-state index in [0.29, 0.717) is 11.5 Å². The SMILES string of the molecule is COC(=O)c1cc2c(cc1Cl)OC=CO2. The molecule has 1 aliphatic rings. The van der Waals surface area contributed by atoms with Crippen LogP contribution in [0.1, 0.15) is 10.4 Å². The van der Waals surface area contributed by atoms with Crippen LogP contribution in [0.2, 0.25) is 5.02 Å². The Labute approximate surface area is 91.0 Å². The lowest BCUT2D eigenvalue weighted by Crippen LogP contribution is -2.04. The van der Waals surface area contributed by atoms with Crippen LogP contribution in [0.4, 0.5) is 0 Å². The van der Waals surface area contributed by atoms with Gasteiger partial charge in [-0.15, -0.1) is 0 Å². The molecule has 0 radical (unpaired) electrons. The van der Waals surface area contributed by atoms with E-state index >= 15 is 0 Å². The summed E-state index contributed by atoms with van der Waals surface area (Å²) in [7, 11) is 1.29. The molecule has 0 unspecified atom stereocenters. The summed E-state index contributed by atoms with van der Waals surface area (Å²) < 4.78 is 14.8. The minimum absolute atomic E-state index is 0.247. The molecule has 0 atom stereocenters. The molecule has 0 aliphatic carbocycles. The second-order valence-electron chi connectivity index (χ2n) is 2.78. The van der Waals surface area contributed by atoms with E-state index in [9.17, 15) is 4.79 Å². The Morgan fingerprint density at radius 2 is 1.87 bits per heavy atom. The summed E-state index contributed by atoms with van der Waals surface area (Å²) in [5.74, 6) is 0.387. The number of halogens is 1. The number of esters is 1. The van der Waals surface area contributed by atoms with Crippen LogP contribution in [-0.4, -0.2) is 13.1 Å². The van der Waals surface area contributed by atoms with Crippen LogP contribution in [0.3, 0.4) is 0 Å². The van der Waals surface area contributed by atoms with Crippen LogP contribution in [0.15, 0.2) is 24.7 Å². The lowest BCUT2D eigenvalue weighted by Gasteiger charge is -2.13. The molecule has 1 aliphatic heterocycles. The van der Waals surface area contributed by atoms with Gasteiger partial charge in [0.1, 0.15) is 12.5 Å². The summed E-state index contributed by atoms with van der Waals surface area (Å²) in [5, 5.41) is 0.263. The van der Waals surface area contributed by atoms with Gasteiger partial charge >= 0.3 is 5.97 Å². The van der Waals surface area contributed by atoms with E-state index < -0.39 is 5.97 Å². The third-order valence-electron chi connectivity index (χ3n) is 1.88. The fraction of sp³-hybridized carbons (Fsp3) is 0.100. The number of hydrogen-bond acceptors (Lipinski definition) is 4. The molecule has 2 rings (SSSR count). The third-order valence-corrected chi connectivity index (χ3v) is 2.20. The molecule has 0 fully saturated rings. The van der Waals surface area contributed by atoms with E-state index in [1.165, 1.54) is 31.8 Å². The number of ether oxygens (including phenoxy) is 3. The second-order valence-corrected chi connectivity index (χ2v) is 3.19. The number of rotatable bonds is 1. The van der Waals surface area contributed by atoms with Gasteiger partial charge in [0.2, 0.25) is 0 Å². The maximum Gasteiger partial charge on any atom is 0.339 e. The first-order valence-electron chi connectivity index (χ1n) is 4.12. The summed E-state index contributed by atoms with van der Waals surface area (Å²) >= 11 is 5.87. The molecule has 1 aromatic rings. The highest BCUT2D eigenvalue weighted by atomic mass is 35.5. The average molecular weight is 227 g/mol. The van der Waals surface area contributed by atoms with Crippen molar-refractivity contribution in [2.24, 2.45) is 0 Å². The number of fused-ring (bicyclic) bond motifs is 1. The minimum Gasteiger partial charge on any atom is -0.465 e. The number of carbonyl (C=O) groups excluding carboxylic acids is 1. The standard InChI is InChI=1S/C10H7ClO4/c1-13-10(12)6-4-8-9(5-7(6)11)15-3-2-14-8/h2-5H,1H3. The van der Waals surface area contributed by atoms with Crippen molar-refractivity contribution in [3.63, 3.8) is 0 Å². The van der Waals surface area contributed by atoms with Crippen molar-refractivity contribution in [2.75, 3.05) is 7.11 Å². The predicted octanol–water partition coefficient (Wildman–Crippen LogP) is 2.37. The van der Waals surface area contributed by atoms with Gasteiger partial charge in [0.25, 0.3) is 0 Å². The average Bonchev–Trinajstić information content (AvgIpc) is 2.27. The van der Waals surface area contributed by atoms with E-state index in [2.05, 4.69) is 4.74 Å². The Bertz CT molecular complexity index is 439. The molecule has 0 bridgehead atoms. The lowest BCUT2D eigenvalue weighted by molar-refractivity contribution is 0.0600. The van der Waals surface area contributed by atoms with E-state index in [1.54, 1.807) is 0 Å². The predicted molar refractivity (Wildman–Crippen MR) is 53.2 cm³/mol. The quantitative estimate of drug-likeness (QED) is 0.690. The van der Waals surface area contributed by atoms with Crippen molar-refractivity contribution in [3.8, 4) is 11.5 Å². The summed E-state index contributed by atoms with van der Waals surface area (Å²) in [5.41, 5.74) is 0.247. The number of carbonyl (C=O) groups is 1. The molecule has 1 heterocycles. The van der Waals surface area contributed by atoms with Gasteiger partial charge in [0.15, 0.2) is 11.5 Å². The largest absolute Gasteiger partial charge is 0.465 e. The first-order valence-corrected chi connectivity index (χ1v) is 4.50. The monoisotopic (exact) mass is 226 g/mol. The van der Waals surface area contributed by atoms with Crippen LogP contribution in [0.25, 0.3) is 0 Å². The van der Waals surface area contributed by atoms with Gasteiger partial charge in [-0.25, -0.2) is 4.79 Å². The molecule has 5 heteroatoms. The molecule has 0 amide bonds. The van der Waals surface area contributed by atoms with Gasteiger partial charge in [-0.2, -0.15) is 0 Å². The van der Waals surface area contributed by atoms with Gasteiger partial charge in [0, 0.05) is 12.1 Å². The van der Waals surface area contributed by atoms with Crippen molar-refractivity contribution < 1.29 is 19.0 Å². The Morgan fingerprint density at radius 1 is 1.27 bits per heavy atom. The third kappa shape index (κ3) is 1.76. The fourth-order valence-electron chi connectivity index (χ4n) is 1.19. The number of benzene rings is 1. The highest BCUT2D eigenvalue weighted by molar-refractivity contribution is 6.33. The van der Waals surface area contributed by atoms with E-state index in [1.807, 2.05) is 0 Å². The number of methoxy groups -OCH3 is 1. The molecule has 0 saturated carbocycles. The van der Waals surface area contributed by atoms with Crippen molar-refractivity contribution in [1.29, 1.82) is 0 Å². The smallest absolute Gasteiger partial charge is 0.339 e. The van der Waals surface area contributed by atoms with Crippen molar-refractivity contribution >= 4 is 17.6 Å². The summed E-state index contributed by atoms with van der Waals surface area (Å²) in [6.45, 7) is 0. The van der Waals surface area contributed by atoms with Gasteiger partial charge in [-0.1, -0.05) is 11.6 Å². The van der Waals surface area contributed by atoms with Crippen molar-refractivity contribution in [1.82, 2.24) is 0 Å². The first-order chi connectivity index (χ1) is 7.22. The van der Waals surface area contributed by atoms with Crippen LogP contribution in [-0.2, 0) is 4.74 Å². The first kappa shape index (κ1) is 9.86. The second kappa shape index (κ2) is 3.82. The molecule has 78 valence electrons. The molecule has 4 nitrogen and oxygen atoms in total. The zero-order valence-corrected chi connectivity index (χ0v) is 8.58.